The van der Waals surface area contributed by atoms with Crippen molar-refractivity contribution >= 4 is 0 Å². The van der Waals surface area contributed by atoms with Gasteiger partial charge in [0, 0.05) is 0 Å². The molecule has 0 rings (SSSR count). The minimum Gasteiger partial charge on any atom is -1.00 e. The zero-order chi connectivity index (χ0) is 4.00. The zero-order valence-corrected chi connectivity index (χ0v) is 7.48. The van der Waals surface area contributed by atoms with Crippen LogP contribution in [0.1, 0.15) is 1.43 Å². The molecule has 0 heterocycles. The van der Waals surface area contributed by atoms with E-state index in [4.69, 9.17) is 23.7 Å². The fourth-order valence-corrected chi connectivity index (χ4v) is 0. The molecule has 0 aromatic rings. The average molecular weight is 148 g/mol. The molecule has 0 N–H and O–H groups in total. The van der Waals surface area contributed by atoms with Gasteiger partial charge >= 0.3 is 68.5 Å². The number of hydrogen-bond acceptors (Lipinski definition) is 2. The first-order chi connectivity index (χ1) is 2.00. The van der Waals surface area contributed by atoms with Crippen LogP contribution in [0.15, 0.2) is 0 Å². The second-order valence-corrected chi connectivity index (χ2v) is 0. The Morgan fingerprint density at radius 1 is 1.00 bits per heavy atom. The molecule has 0 saturated carbocycles. The largest absolute Gasteiger partial charge is 2.00 e. The van der Waals surface area contributed by atoms with Crippen molar-refractivity contribution in [1.82, 2.24) is 0 Å². The van der Waals surface area contributed by atoms with Gasteiger partial charge in [0.25, 0.3) is 0 Å². The topological polar surface area (TPSA) is 47.6 Å². The van der Waals surface area contributed by atoms with Gasteiger partial charge in [0.05, 0.1) is 0 Å². The Kier molecular flexibility index (Phi) is 571. The van der Waals surface area contributed by atoms with Crippen LogP contribution in [0.25, 0.3) is 0 Å². The van der Waals surface area contributed by atoms with Crippen molar-refractivity contribution in [3.63, 3.8) is 0 Å². The molecule has 0 fully saturated rings. The summed E-state index contributed by atoms with van der Waals surface area (Å²) in [6.07, 6.45) is 0. The van der Waals surface area contributed by atoms with E-state index in [1.54, 1.807) is 0 Å². The molecule has 0 unspecified atom stereocenters. The molecule has 0 atom stereocenters. The van der Waals surface area contributed by atoms with Crippen molar-refractivity contribution in [3.05, 3.63) is 13.1 Å². The fourth-order valence-electron chi connectivity index (χ4n) is 0. The van der Waals surface area contributed by atoms with Crippen molar-refractivity contribution in [1.29, 1.82) is 10.5 Å². The molecule has 0 aliphatic rings. The molecule has 6 heavy (non-hydrogen) atoms. The van der Waals surface area contributed by atoms with Gasteiger partial charge in [-0.1, -0.05) is 0 Å². The Balaban J connectivity index is -0.00000000267. The van der Waals surface area contributed by atoms with Crippen LogP contribution in [0.4, 0.5) is 0 Å². The summed E-state index contributed by atoms with van der Waals surface area (Å²) in [5, 5.41) is 12.5. The molecule has 0 aromatic heterocycles. The van der Waals surface area contributed by atoms with Crippen LogP contribution >= 0.6 is 0 Å². The second-order valence-electron chi connectivity index (χ2n) is 0. The average Bonchev–Trinajstić information content (AvgIpc) is 1.50. The summed E-state index contributed by atoms with van der Waals surface area (Å²) in [5.74, 6) is 0. The molecule has 0 aliphatic carbocycles. The van der Waals surface area contributed by atoms with Crippen LogP contribution in [-0.4, -0.2) is 0 Å². The minimum absolute atomic E-state index is 0. The predicted molar refractivity (Wildman–Crippen MR) is 11.0 cm³/mol. The van der Waals surface area contributed by atoms with E-state index in [2.05, 4.69) is 0 Å². The van der Waals surface area contributed by atoms with Crippen molar-refractivity contribution in [2.45, 2.75) is 0 Å². The van der Waals surface area contributed by atoms with Gasteiger partial charge in [-0.05, 0) is 0 Å². The third-order valence-electron chi connectivity index (χ3n) is 0. The summed E-state index contributed by atoms with van der Waals surface area (Å²) >= 11 is 0. The quantitative estimate of drug-likeness (QED) is 0.277. The molecule has 4 heteroatoms. The molecule has 0 saturated heterocycles. The smallest absolute Gasteiger partial charge is 1.00 e. The van der Waals surface area contributed by atoms with Gasteiger partial charge in [-0.15, -0.1) is 0 Å². The molecule has 0 radical (unpaired) electrons. The van der Waals surface area contributed by atoms with Crippen molar-refractivity contribution < 1.29 is 69.9 Å². The van der Waals surface area contributed by atoms with Crippen molar-refractivity contribution in [3.8, 4) is 0 Å². The first-order valence-electron chi connectivity index (χ1n) is 0.447. The summed E-state index contributed by atoms with van der Waals surface area (Å²) in [6, 6.07) is 0. The van der Waals surface area contributed by atoms with E-state index in [0.717, 1.165) is 0 Å². The SMILES string of the molecule is [C-]#N.[C-]#N.[Fe+2].[H-].[K+]. The molecule has 0 amide bonds. The van der Waals surface area contributed by atoms with E-state index in [1.807, 2.05) is 0 Å². The van der Waals surface area contributed by atoms with Crippen LogP contribution in [-0.2, 0) is 17.1 Å². The third kappa shape index (κ3) is 68.1. The van der Waals surface area contributed by atoms with Gasteiger partial charge in [0.1, 0.15) is 0 Å². The normalized spacial score (nSPS) is 0.667. The van der Waals surface area contributed by atoms with Gasteiger partial charge in [-0.25, -0.2) is 0 Å². The van der Waals surface area contributed by atoms with Gasteiger partial charge in [0.2, 0.25) is 0 Å². The van der Waals surface area contributed by atoms with Crippen LogP contribution in [0.3, 0.4) is 0 Å². The van der Waals surface area contributed by atoms with E-state index in [0.29, 0.717) is 0 Å². The predicted octanol–water partition coefficient (Wildman–Crippen LogP) is -2.69. The van der Waals surface area contributed by atoms with Crippen LogP contribution < -0.4 is 51.4 Å². The third-order valence-corrected chi connectivity index (χ3v) is 0. The molecule has 0 spiro atoms. The van der Waals surface area contributed by atoms with Crippen LogP contribution in [0.5, 0.6) is 0 Å². The number of rotatable bonds is 0. The molecule has 2 nitrogen and oxygen atoms in total. The maximum atomic E-state index is 6.25. The Hall–Kier alpha value is 1.14. The summed E-state index contributed by atoms with van der Waals surface area (Å²) in [4.78, 5) is 0. The van der Waals surface area contributed by atoms with Crippen LogP contribution in [0, 0.1) is 23.7 Å². The second kappa shape index (κ2) is 125. The molecular weight excluding hydrogens is 147 g/mol. The van der Waals surface area contributed by atoms with E-state index < -0.39 is 0 Å². The Labute approximate surface area is 91.9 Å². The maximum absolute atomic E-state index is 6.25. The number of nitrogens with zero attached hydrogens (tertiary/aromatic N) is 2. The van der Waals surface area contributed by atoms with E-state index >= 15 is 0 Å². The van der Waals surface area contributed by atoms with Gasteiger partial charge in [-0.3, -0.25) is 0 Å². The van der Waals surface area contributed by atoms with Gasteiger partial charge < -0.3 is 25.1 Å². The first-order valence-corrected chi connectivity index (χ1v) is 0.447. The van der Waals surface area contributed by atoms with Crippen LogP contribution in [0.2, 0.25) is 0 Å². The first kappa shape index (κ1) is 27.3. The van der Waals surface area contributed by atoms with Crippen molar-refractivity contribution in [2.24, 2.45) is 0 Å². The van der Waals surface area contributed by atoms with Gasteiger partial charge in [0.15, 0.2) is 0 Å². The van der Waals surface area contributed by atoms with Crippen molar-refractivity contribution in [2.75, 3.05) is 0 Å². The van der Waals surface area contributed by atoms with Gasteiger partial charge in [-0.2, -0.15) is 0 Å². The summed E-state index contributed by atoms with van der Waals surface area (Å²) in [5.41, 5.74) is 0. The summed E-state index contributed by atoms with van der Waals surface area (Å²) in [6.45, 7) is 9.50. The van der Waals surface area contributed by atoms with E-state index in [9.17, 15) is 0 Å². The molecule has 0 aromatic carbocycles. The zero-order valence-electron chi connectivity index (χ0n) is 4.25. The Morgan fingerprint density at radius 3 is 1.00 bits per heavy atom. The Morgan fingerprint density at radius 2 is 1.00 bits per heavy atom. The monoisotopic (exact) mass is 148 g/mol. The molecule has 28 valence electrons. The minimum atomic E-state index is 0. The summed E-state index contributed by atoms with van der Waals surface area (Å²) in [7, 11) is 0. The van der Waals surface area contributed by atoms with E-state index in [1.165, 1.54) is 0 Å². The van der Waals surface area contributed by atoms with E-state index in [-0.39, 0.29) is 69.9 Å². The Bertz CT molecular complexity index is 31.2. The maximum Gasteiger partial charge on any atom is 2.00 e. The fraction of sp³-hybridized carbons (Fsp3) is 0. The molecular formula is C2HFeKN2. The summed E-state index contributed by atoms with van der Waals surface area (Å²) < 4.78 is 0. The molecule has 0 bridgehead atoms. The standard InChI is InChI=1S/2CN.Fe.K.H/c2*1-2;;;/q2*-1;+2;+1;-1. The number of hydrogen-bond donors (Lipinski definition) is 0. The molecule has 0 aliphatic heterocycles.